The van der Waals surface area contributed by atoms with Crippen LogP contribution >= 0.6 is 22.7 Å². The lowest BCUT2D eigenvalue weighted by molar-refractivity contribution is -0.384. The molecule has 3 aromatic rings. The van der Waals surface area contributed by atoms with E-state index in [9.17, 15) is 24.5 Å². The van der Waals surface area contributed by atoms with Gasteiger partial charge in [-0.25, -0.2) is 5.01 Å². The summed E-state index contributed by atoms with van der Waals surface area (Å²) >= 11 is 3.05. The maximum absolute atomic E-state index is 12.8. The number of benzene rings is 1. The standard InChI is InChI=1S/C22H18N4O6S2/c27-20(13-32-21(28)12-23-22(29)14-4-1-5-15(10-14)26(30)31)25-17(19-7-3-9-34-19)11-16(24-25)18-6-2-8-33-18/h1-10,17H,11-13H2,(H,23,29)/t17-/m1/s1. The molecule has 2 amide bonds. The number of nitro groups is 1. The number of hydrazone groups is 1. The average molecular weight is 499 g/mol. The minimum Gasteiger partial charge on any atom is -0.454 e. The molecule has 174 valence electrons. The molecule has 12 heteroatoms. The topological polar surface area (TPSA) is 131 Å². The van der Waals surface area contributed by atoms with Crippen molar-refractivity contribution in [2.24, 2.45) is 5.10 Å². The van der Waals surface area contributed by atoms with Crippen molar-refractivity contribution in [1.82, 2.24) is 10.3 Å². The van der Waals surface area contributed by atoms with E-state index in [2.05, 4.69) is 10.4 Å². The number of esters is 1. The van der Waals surface area contributed by atoms with Gasteiger partial charge in [0.05, 0.1) is 21.6 Å². The third-order valence-electron chi connectivity index (χ3n) is 4.91. The number of carbonyl (C=O) groups excluding carboxylic acids is 3. The quantitative estimate of drug-likeness (QED) is 0.288. The molecule has 1 aliphatic heterocycles. The fraction of sp³-hybridized carbons (Fsp3) is 0.182. The van der Waals surface area contributed by atoms with E-state index in [1.165, 1.54) is 45.9 Å². The monoisotopic (exact) mass is 498 g/mol. The first-order valence-electron chi connectivity index (χ1n) is 10.1. The summed E-state index contributed by atoms with van der Waals surface area (Å²) in [6, 6.07) is 12.5. The van der Waals surface area contributed by atoms with Crippen molar-refractivity contribution in [3.63, 3.8) is 0 Å². The van der Waals surface area contributed by atoms with E-state index in [0.29, 0.717) is 6.42 Å². The first-order valence-corrected chi connectivity index (χ1v) is 11.8. The summed E-state index contributed by atoms with van der Waals surface area (Å²) in [4.78, 5) is 49.2. The highest BCUT2D eigenvalue weighted by Gasteiger charge is 2.34. The minimum absolute atomic E-state index is 0.0318. The lowest BCUT2D eigenvalue weighted by atomic mass is 10.1. The number of thiophene rings is 2. The van der Waals surface area contributed by atoms with Crippen LogP contribution in [0, 0.1) is 10.1 Å². The highest BCUT2D eigenvalue weighted by molar-refractivity contribution is 7.12. The van der Waals surface area contributed by atoms with Crippen LogP contribution in [0.2, 0.25) is 0 Å². The molecule has 0 fully saturated rings. The maximum Gasteiger partial charge on any atom is 0.325 e. The van der Waals surface area contributed by atoms with Gasteiger partial charge in [-0.05, 0) is 29.0 Å². The molecule has 0 unspecified atom stereocenters. The largest absolute Gasteiger partial charge is 0.454 e. The van der Waals surface area contributed by atoms with Gasteiger partial charge >= 0.3 is 5.97 Å². The van der Waals surface area contributed by atoms with E-state index in [1.54, 1.807) is 0 Å². The molecule has 0 bridgehead atoms. The Morgan fingerprint density at radius 2 is 1.94 bits per heavy atom. The van der Waals surface area contributed by atoms with Gasteiger partial charge < -0.3 is 10.1 Å². The zero-order chi connectivity index (χ0) is 24.1. The van der Waals surface area contributed by atoms with Gasteiger partial charge in [-0.1, -0.05) is 18.2 Å². The number of nitro benzene ring substituents is 1. The highest BCUT2D eigenvalue weighted by Crippen LogP contribution is 2.35. The lowest BCUT2D eigenvalue weighted by Gasteiger charge is -2.20. The van der Waals surface area contributed by atoms with Crippen LogP contribution in [0.5, 0.6) is 0 Å². The Morgan fingerprint density at radius 3 is 2.65 bits per heavy atom. The number of rotatable bonds is 8. The van der Waals surface area contributed by atoms with E-state index in [-0.39, 0.29) is 17.3 Å². The SMILES string of the molecule is O=C(CNC(=O)c1cccc([N+](=O)[O-])c1)OCC(=O)N1N=C(c2cccs2)C[C@@H]1c1cccs1. The summed E-state index contributed by atoms with van der Waals surface area (Å²) < 4.78 is 5.04. The predicted octanol–water partition coefficient (Wildman–Crippen LogP) is 3.37. The normalized spacial score (nSPS) is 15.0. The Bertz CT molecular complexity index is 1240. The number of nitrogens with zero attached hydrogens (tertiary/aromatic N) is 3. The third kappa shape index (κ3) is 5.35. The van der Waals surface area contributed by atoms with Crippen LogP contribution in [0.4, 0.5) is 5.69 Å². The zero-order valence-corrected chi connectivity index (χ0v) is 19.2. The number of hydrogen-bond acceptors (Lipinski definition) is 9. The molecule has 0 saturated heterocycles. The smallest absolute Gasteiger partial charge is 0.325 e. The van der Waals surface area contributed by atoms with Gasteiger partial charge in [0.15, 0.2) is 6.61 Å². The second kappa shape index (κ2) is 10.4. The van der Waals surface area contributed by atoms with Gasteiger partial charge in [0.25, 0.3) is 17.5 Å². The lowest BCUT2D eigenvalue weighted by Crippen LogP contribution is -2.34. The fourth-order valence-electron chi connectivity index (χ4n) is 3.31. The number of carbonyl (C=O) groups is 3. The first-order chi connectivity index (χ1) is 16.4. The van der Waals surface area contributed by atoms with E-state index in [0.717, 1.165) is 21.5 Å². The van der Waals surface area contributed by atoms with E-state index in [1.807, 2.05) is 35.0 Å². The molecule has 10 nitrogen and oxygen atoms in total. The Balaban J connectivity index is 1.33. The van der Waals surface area contributed by atoms with Gasteiger partial charge in [-0.2, -0.15) is 5.10 Å². The van der Waals surface area contributed by atoms with Crippen molar-refractivity contribution in [1.29, 1.82) is 0 Å². The summed E-state index contributed by atoms with van der Waals surface area (Å²) in [6.45, 7) is -1.03. The zero-order valence-electron chi connectivity index (χ0n) is 17.6. The molecular formula is C22H18N4O6S2. The van der Waals surface area contributed by atoms with Crippen LogP contribution in [-0.4, -0.2) is 46.6 Å². The van der Waals surface area contributed by atoms with E-state index < -0.39 is 35.9 Å². The molecule has 1 N–H and O–H groups in total. The van der Waals surface area contributed by atoms with Crippen molar-refractivity contribution < 1.29 is 24.0 Å². The van der Waals surface area contributed by atoms with E-state index >= 15 is 0 Å². The van der Waals surface area contributed by atoms with Crippen LogP contribution < -0.4 is 5.32 Å². The maximum atomic E-state index is 12.8. The van der Waals surface area contributed by atoms with Crippen LogP contribution in [0.3, 0.4) is 0 Å². The molecule has 1 aliphatic rings. The van der Waals surface area contributed by atoms with Gasteiger partial charge in [0.1, 0.15) is 6.54 Å². The second-order valence-corrected chi connectivity index (χ2v) is 9.08. The van der Waals surface area contributed by atoms with Crippen LogP contribution in [0.25, 0.3) is 0 Å². The minimum atomic E-state index is -0.818. The van der Waals surface area contributed by atoms with E-state index in [4.69, 9.17) is 4.74 Å². The van der Waals surface area contributed by atoms with Gasteiger partial charge in [0.2, 0.25) is 0 Å². The molecule has 1 aromatic carbocycles. The Labute approximate surface area is 201 Å². The van der Waals surface area contributed by atoms with Crippen LogP contribution in [0.1, 0.15) is 32.6 Å². The van der Waals surface area contributed by atoms with Crippen molar-refractivity contribution in [2.75, 3.05) is 13.2 Å². The Morgan fingerprint density at radius 1 is 1.15 bits per heavy atom. The van der Waals surface area contributed by atoms with Gasteiger partial charge in [0, 0.05) is 29.0 Å². The summed E-state index contributed by atoms with van der Waals surface area (Å²) in [5, 5.41) is 22.9. The first kappa shape index (κ1) is 23.3. The second-order valence-electron chi connectivity index (χ2n) is 7.15. The number of hydrogen-bond donors (Lipinski definition) is 1. The molecule has 0 aliphatic carbocycles. The fourth-order valence-corrected chi connectivity index (χ4v) is 4.84. The molecule has 1 atom stereocenters. The number of nitrogens with one attached hydrogen (secondary N) is 1. The molecule has 0 radical (unpaired) electrons. The molecule has 0 spiro atoms. The van der Waals surface area contributed by atoms with Gasteiger partial charge in [-0.3, -0.25) is 24.5 Å². The van der Waals surface area contributed by atoms with Crippen LogP contribution in [-0.2, 0) is 14.3 Å². The van der Waals surface area contributed by atoms with Crippen molar-refractivity contribution in [3.8, 4) is 0 Å². The van der Waals surface area contributed by atoms with Gasteiger partial charge in [-0.15, -0.1) is 22.7 Å². The Hall–Kier alpha value is -3.90. The average Bonchev–Trinajstić information content (AvgIpc) is 3.61. The number of ether oxygens (including phenoxy) is 1. The van der Waals surface area contributed by atoms with Crippen LogP contribution in [0.15, 0.2) is 64.4 Å². The number of amides is 2. The molecular weight excluding hydrogens is 480 g/mol. The van der Waals surface area contributed by atoms with Crippen molar-refractivity contribution in [2.45, 2.75) is 12.5 Å². The third-order valence-corrected chi connectivity index (χ3v) is 6.80. The summed E-state index contributed by atoms with van der Waals surface area (Å²) in [5.41, 5.74) is 0.580. The highest BCUT2D eigenvalue weighted by atomic mass is 32.1. The molecule has 2 aromatic heterocycles. The molecule has 34 heavy (non-hydrogen) atoms. The number of non-ortho nitro benzene ring substituents is 1. The van der Waals surface area contributed by atoms with Crippen molar-refractivity contribution in [3.05, 3.63) is 84.7 Å². The summed E-state index contributed by atoms with van der Waals surface area (Å²) in [6.07, 6.45) is 0.556. The summed E-state index contributed by atoms with van der Waals surface area (Å²) in [7, 11) is 0. The molecule has 3 heterocycles. The predicted molar refractivity (Wildman–Crippen MR) is 126 cm³/mol. The molecule has 4 rings (SSSR count). The summed E-state index contributed by atoms with van der Waals surface area (Å²) in [5.74, 6) is -1.97. The molecule has 0 saturated carbocycles. The van der Waals surface area contributed by atoms with Crippen molar-refractivity contribution >= 4 is 51.9 Å². The Kier molecular flexibility index (Phi) is 7.09.